The maximum absolute atomic E-state index is 12.3. The van der Waals surface area contributed by atoms with E-state index in [4.69, 9.17) is 5.11 Å². The monoisotopic (exact) mass is 463 g/mol. The minimum absolute atomic E-state index is 0.470. The Balaban J connectivity index is 1.46. The fraction of sp³-hybridized carbons (Fsp3) is 0.250. The maximum Gasteiger partial charge on any atom is 0.328 e. The molecule has 34 heavy (non-hydrogen) atoms. The molecule has 1 saturated heterocycles. The van der Waals surface area contributed by atoms with E-state index >= 15 is 0 Å². The Hall–Kier alpha value is -4.02. The van der Waals surface area contributed by atoms with Gasteiger partial charge in [0.15, 0.2) is 0 Å². The van der Waals surface area contributed by atoms with E-state index in [1.54, 1.807) is 36.8 Å². The number of nitrogens with one attached hydrogen (secondary N) is 2. The van der Waals surface area contributed by atoms with E-state index in [2.05, 4.69) is 20.2 Å². The van der Waals surface area contributed by atoms with Crippen molar-refractivity contribution in [3.63, 3.8) is 0 Å². The standard InChI is InChI=1S/C24H25N5O5/c30-21(3-4-22(31)32)27-17-1-2-18-19(14-26-20(18)13-17)23(24(33)34)29-11-9-28(10-12-29)15-16-5-7-25-8-6-16/h1-8,13-14,23,26H,9-12,15H2,(H,27,30)(H,31,32)(H,33,34)/b4-3+/t23-/m0/s1. The molecule has 1 amide bonds. The van der Waals surface area contributed by atoms with Gasteiger partial charge < -0.3 is 20.5 Å². The Morgan fingerprint density at radius 3 is 2.47 bits per heavy atom. The molecule has 1 aliphatic heterocycles. The van der Waals surface area contributed by atoms with Gasteiger partial charge in [-0.15, -0.1) is 0 Å². The smallest absolute Gasteiger partial charge is 0.328 e. The Labute approximate surface area is 195 Å². The van der Waals surface area contributed by atoms with Gasteiger partial charge in [-0.05, 0) is 29.8 Å². The van der Waals surface area contributed by atoms with E-state index in [1.165, 1.54) is 5.56 Å². The van der Waals surface area contributed by atoms with Crippen molar-refractivity contribution < 1.29 is 24.6 Å². The summed E-state index contributed by atoms with van der Waals surface area (Å²) in [5.41, 5.74) is 2.99. The van der Waals surface area contributed by atoms with Gasteiger partial charge in [-0.1, -0.05) is 6.07 Å². The van der Waals surface area contributed by atoms with Gasteiger partial charge in [0.1, 0.15) is 6.04 Å². The largest absolute Gasteiger partial charge is 0.480 e. The lowest BCUT2D eigenvalue weighted by atomic mass is 10.0. The number of carboxylic acid groups (broad SMARTS) is 2. The van der Waals surface area contributed by atoms with Crippen LogP contribution in [0.15, 0.2) is 61.1 Å². The molecular formula is C24H25N5O5. The zero-order valence-corrected chi connectivity index (χ0v) is 18.3. The van der Waals surface area contributed by atoms with Crippen LogP contribution in [0.1, 0.15) is 17.2 Å². The number of hydrogen-bond acceptors (Lipinski definition) is 6. The number of anilines is 1. The number of amides is 1. The van der Waals surface area contributed by atoms with Crippen LogP contribution in [0.25, 0.3) is 10.9 Å². The molecule has 0 saturated carbocycles. The van der Waals surface area contributed by atoms with Crippen molar-refractivity contribution in [3.8, 4) is 0 Å². The van der Waals surface area contributed by atoms with Crippen molar-refractivity contribution in [2.45, 2.75) is 12.6 Å². The topological polar surface area (TPSA) is 139 Å². The predicted octanol–water partition coefficient (Wildman–Crippen LogP) is 2.09. The van der Waals surface area contributed by atoms with Gasteiger partial charge >= 0.3 is 11.9 Å². The number of pyridine rings is 1. The molecule has 3 aromatic rings. The van der Waals surface area contributed by atoms with E-state index in [-0.39, 0.29) is 0 Å². The predicted molar refractivity (Wildman–Crippen MR) is 125 cm³/mol. The number of benzene rings is 1. The van der Waals surface area contributed by atoms with E-state index in [9.17, 15) is 19.5 Å². The van der Waals surface area contributed by atoms with Gasteiger partial charge in [0.25, 0.3) is 0 Å². The van der Waals surface area contributed by atoms with Gasteiger partial charge in [-0.2, -0.15) is 0 Å². The molecule has 0 unspecified atom stereocenters. The third-order valence-electron chi connectivity index (χ3n) is 5.81. The molecular weight excluding hydrogens is 438 g/mol. The SMILES string of the molecule is O=C(O)/C=C/C(=O)Nc1ccc2c([C@@H](C(=O)O)N3CCN(Cc4ccncc4)CC3)c[nH]c2c1. The van der Waals surface area contributed by atoms with Crippen molar-refractivity contribution in [3.05, 3.63) is 72.2 Å². The number of carboxylic acids is 2. The van der Waals surface area contributed by atoms with Crippen LogP contribution in [0.5, 0.6) is 0 Å². The molecule has 1 aromatic carbocycles. The van der Waals surface area contributed by atoms with Crippen LogP contribution in [-0.2, 0) is 20.9 Å². The molecule has 176 valence electrons. The van der Waals surface area contributed by atoms with Crippen LogP contribution in [0.2, 0.25) is 0 Å². The second-order valence-electron chi connectivity index (χ2n) is 8.07. The third-order valence-corrected chi connectivity index (χ3v) is 5.81. The normalized spacial score (nSPS) is 16.0. The molecule has 0 spiro atoms. The fourth-order valence-electron chi connectivity index (χ4n) is 4.20. The number of rotatable bonds is 8. The van der Waals surface area contributed by atoms with Crippen molar-refractivity contribution >= 4 is 34.4 Å². The molecule has 0 bridgehead atoms. The summed E-state index contributed by atoms with van der Waals surface area (Å²) >= 11 is 0. The van der Waals surface area contributed by atoms with E-state index < -0.39 is 23.9 Å². The number of aromatic amines is 1. The summed E-state index contributed by atoms with van der Waals surface area (Å²) in [7, 11) is 0. The number of carbonyl (C=O) groups excluding carboxylic acids is 1. The number of carbonyl (C=O) groups is 3. The lowest BCUT2D eigenvalue weighted by Crippen LogP contribution is -2.48. The van der Waals surface area contributed by atoms with Crippen molar-refractivity contribution in [1.82, 2.24) is 19.8 Å². The summed E-state index contributed by atoms with van der Waals surface area (Å²) in [6.45, 7) is 3.57. The number of piperazine rings is 1. The molecule has 10 nitrogen and oxygen atoms in total. The van der Waals surface area contributed by atoms with Gasteiger partial charge in [-0.3, -0.25) is 24.4 Å². The number of hydrogen-bond donors (Lipinski definition) is 4. The molecule has 10 heteroatoms. The summed E-state index contributed by atoms with van der Waals surface area (Å²) in [5, 5.41) is 22.0. The minimum atomic E-state index is -1.21. The highest BCUT2D eigenvalue weighted by Gasteiger charge is 2.32. The summed E-state index contributed by atoms with van der Waals surface area (Å²) in [6.07, 6.45) is 6.93. The van der Waals surface area contributed by atoms with Gasteiger partial charge in [0, 0.05) is 85.6 Å². The van der Waals surface area contributed by atoms with Crippen LogP contribution in [-0.4, -0.2) is 74.0 Å². The summed E-state index contributed by atoms with van der Waals surface area (Å²) in [6, 6.07) is 8.28. The molecule has 3 heterocycles. The first-order valence-electron chi connectivity index (χ1n) is 10.8. The van der Waals surface area contributed by atoms with Gasteiger partial charge in [0.05, 0.1) is 0 Å². The minimum Gasteiger partial charge on any atom is -0.480 e. The quantitative estimate of drug-likeness (QED) is 0.373. The second-order valence-corrected chi connectivity index (χ2v) is 8.07. The first-order chi connectivity index (χ1) is 16.4. The number of aromatic nitrogens is 2. The maximum atomic E-state index is 12.3. The number of H-pyrrole nitrogens is 1. The zero-order chi connectivity index (χ0) is 24.1. The van der Waals surface area contributed by atoms with E-state index in [1.807, 2.05) is 17.0 Å². The average Bonchev–Trinajstić information content (AvgIpc) is 3.22. The van der Waals surface area contributed by atoms with Crippen molar-refractivity contribution in [2.24, 2.45) is 0 Å². The molecule has 2 aromatic heterocycles. The van der Waals surface area contributed by atoms with Crippen LogP contribution < -0.4 is 5.32 Å². The lowest BCUT2D eigenvalue weighted by molar-refractivity contribution is -0.144. The van der Waals surface area contributed by atoms with Crippen LogP contribution in [0.4, 0.5) is 5.69 Å². The molecule has 0 radical (unpaired) electrons. The number of aliphatic carboxylic acids is 2. The Bertz CT molecular complexity index is 1210. The molecule has 0 aliphatic carbocycles. The van der Waals surface area contributed by atoms with Crippen LogP contribution >= 0.6 is 0 Å². The second kappa shape index (κ2) is 10.3. The van der Waals surface area contributed by atoms with Crippen molar-refractivity contribution in [1.29, 1.82) is 0 Å². The average molecular weight is 463 g/mol. The Morgan fingerprint density at radius 2 is 1.79 bits per heavy atom. The zero-order valence-electron chi connectivity index (χ0n) is 18.3. The highest BCUT2D eigenvalue weighted by Crippen LogP contribution is 2.31. The highest BCUT2D eigenvalue weighted by atomic mass is 16.4. The van der Waals surface area contributed by atoms with E-state index in [0.29, 0.717) is 29.9 Å². The Kier molecular flexibility index (Phi) is 7.00. The highest BCUT2D eigenvalue weighted by molar-refractivity contribution is 6.03. The first kappa shape index (κ1) is 23.1. The number of fused-ring (bicyclic) bond motifs is 1. The van der Waals surface area contributed by atoms with Gasteiger partial charge in [0.2, 0.25) is 5.91 Å². The summed E-state index contributed by atoms with van der Waals surface area (Å²) < 4.78 is 0. The molecule has 1 fully saturated rings. The van der Waals surface area contributed by atoms with Gasteiger partial charge in [-0.25, -0.2) is 4.79 Å². The summed E-state index contributed by atoms with van der Waals surface area (Å²) in [5.74, 6) is -2.70. The molecule has 4 N–H and O–H groups in total. The van der Waals surface area contributed by atoms with Crippen LogP contribution in [0.3, 0.4) is 0 Å². The molecule has 1 aliphatic rings. The number of nitrogens with zero attached hydrogens (tertiary/aromatic N) is 3. The lowest BCUT2D eigenvalue weighted by Gasteiger charge is -2.37. The Morgan fingerprint density at radius 1 is 1.06 bits per heavy atom. The molecule has 1 atom stereocenters. The first-order valence-corrected chi connectivity index (χ1v) is 10.8. The van der Waals surface area contributed by atoms with E-state index in [0.717, 1.165) is 37.2 Å². The molecule has 4 rings (SSSR count). The third kappa shape index (κ3) is 5.48. The summed E-state index contributed by atoms with van der Waals surface area (Å²) in [4.78, 5) is 46.1. The fourth-order valence-corrected chi connectivity index (χ4v) is 4.20. The van der Waals surface area contributed by atoms with Crippen molar-refractivity contribution in [2.75, 3.05) is 31.5 Å². The van der Waals surface area contributed by atoms with Crippen LogP contribution in [0, 0.1) is 0 Å².